The lowest BCUT2D eigenvalue weighted by atomic mass is 9.91. The number of aromatic nitrogens is 2. The van der Waals surface area contributed by atoms with E-state index in [1.807, 2.05) is 35.4 Å². The summed E-state index contributed by atoms with van der Waals surface area (Å²) in [5.74, 6) is 1.61. The fourth-order valence-electron chi connectivity index (χ4n) is 6.49. The summed E-state index contributed by atoms with van der Waals surface area (Å²) in [7, 11) is 4.13. The molecule has 36 heavy (non-hydrogen) atoms. The number of hydrogen-bond acceptors (Lipinski definition) is 7. The first-order valence-corrected chi connectivity index (χ1v) is 13.2. The summed E-state index contributed by atoms with van der Waals surface area (Å²) in [6, 6.07) is 8.31. The highest BCUT2D eigenvalue weighted by Gasteiger charge is 2.55. The number of carbonyl (C=O) groups is 2. The van der Waals surface area contributed by atoms with E-state index < -0.39 is 5.54 Å². The molecule has 1 unspecified atom stereocenters. The van der Waals surface area contributed by atoms with Crippen LogP contribution in [0.25, 0.3) is 0 Å². The van der Waals surface area contributed by atoms with Gasteiger partial charge in [0.1, 0.15) is 11.4 Å². The Morgan fingerprint density at radius 3 is 2.61 bits per heavy atom. The Morgan fingerprint density at radius 1 is 1.17 bits per heavy atom. The molecule has 1 saturated carbocycles. The Morgan fingerprint density at radius 2 is 1.94 bits per heavy atom. The maximum Gasteiger partial charge on any atom is 0.253 e. The largest absolute Gasteiger partial charge is 0.354 e. The number of likely N-dealkylation sites (tertiary alicyclic amines) is 1. The SMILES string of the molecule is CN(C)C1CCN(C(=O)c2ccc(Nc3ncc4c(n3)N(C3CCCC3)[C@]3(CCNC3=O)C4)cc2)C1. The third-order valence-corrected chi connectivity index (χ3v) is 8.52. The van der Waals surface area contributed by atoms with Gasteiger partial charge in [0.15, 0.2) is 0 Å². The zero-order valence-corrected chi connectivity index (χ0v) is 21.2. The Balaban J connectivity index is 1.19. The highest BCUT2D eigenvalue weighted by molar-refractivity contribution is 5.95. The van der Waals surface area contributed by atoms with Gasteiger partial charge in [0.25, 0.3) is 5.91 Å². The molecule has 2 aromatic rings. The number of likely N-dealkylation sites (N-methyl/N-ethyl adjacent to an activating group) is 1. The molecule has 3 aliphatic heterocycles. The molecule has 4 aliphatic rings. The number of nitrogens with one attached hydrogen (secondary N) is 2. The molecule has 190 valence electrons. The summed E-state index contributed by atoms with van der Waals surface area (Å²) >= 11 is 0. The van der Waals surface area contributed by atoms with Crippen molar-refractivity contribution in [3.8, 4) is 0 Å². The van der Waals surface area contributed by atoms with E-state index in [0.29, 0.717) is 36.6 Å². The van der Waals surface area contributed by atoms with Gasteiger partial charge < -0.3 is 25.3 Å². The summed E-state index contributed by atoms with van der Waals surface area (Å²) < 4.78 is 0. The Hall–Kier alpha value is -3.20. The molecule has 2 N–H and O–H groups in total. The van der Waals surface area contributed by atoms with E-state index in [-0.39, 0.29) is 11.8 Å². The van der Waals surface area contributed by atoms with Crippen molar-refractivity contribution in [2.24, 2.45) is 0 Å². The third kappa shape index (κ3) is 3.89. The van der Waals surface area contributed by atoms with Crippen LogP contribution in [-0.4, -0.2) is 82.9 Å². The standard InChI is InChI=1S/C27H35N7O2/c1-32(2)22-11-14-33(17-22)24(35)18-7-9-20(10-8-18)30-26-29-16-19-15-27(12-13-28-25(27)36)34(23(19)31-26)21-5-3-4-6-21/h7-10,16,21-22H,3-6,11-15,17H2,1-2H3,(H,28,36)(H,29,30,31)/t22?,27-/m1/s1. The monoisotopic (exact) mass is 489 g/mol. The van der Waals surface area contributed by atoms with Crippen LogP contribution in [0.2, 0.25) is 0 Å². The summed E-state index contributed by atoms with van der Waals surface area (Å²) in [5, 5.41) is 6.37. The topological polar surface area (TPSA) is 93.7 Å². The smallest absolute Gasteiger partial charge is 0.253 e. The van der Waals surface area contributed by atoms with Crippen molar-refractivity contribution in [2.75, 3.05) is 43.9 Å². The van der Waals surface area contributed by atoms with Crippen molar-refractivity contribution < 1.29 is 9.59 Å². The fourth-order valence-corrected chi connectivity index (χ4v) is 6.49. The van der Waals surface area contributed by atoms with E-state index in [4.69, 9.17) is 4.98 Å². The van der Waals surface area contributed by atoms with Crippen molar-refractivity contribution in [3.63, 3.8) is 0 Å². The molecule has 1 aliphatic carbocycles. The van der Waals surface area contributed by atoms with Crippen LogP contribution in [0.1, 0.15) is 54.4 Å². The molecule has 1 aromatic carbocycles. The maximum atomic E-state index is 13.0. The minimum Gasteiger partial charge on any atom is -0.354 e. The summed E-state index contributed by atoms with van der Waals surface area (Å²) in [6.07, 6.45) is 8.96. The van der Waals surface area contributed by atoms with Crippen molar-refractivity contribution in [1.29, 1.82) is 0 Å². The molecular weight excluding hydrogens is 454 g/mol. The first-order valence-electron chi connectivity index (χ1n) is 13.2. The second kappa shape index (κ2) is 9.03. The van der Waals surface area contributed by atoms with Gasteiger partial charge in [-0.05, 0) is 64.0 Å². The Bertz CT molecular complexity index is 1160. The van der Waals surface area contributed by atoms with Crippen molar-refractivity contribution in [1.82, 2.24) is 25.1 Å². The molecule has 9 nitrogen and oxygen atoms in total. The normalized spacial score (nSPS) is 25.8. The van der Waals surface area contributed by atoms with Gasteiger partial charge in [-0.25, -0.2) is 4.98 Å². The molecule has 4 heterocycles. The minimum absolute atomic E-state index is 0.0759. The van der Waals surface area contributed by atoms with Gasteiger partial charge in [-0.3, -0.25) is 9.59 Å². The second-order valence-corrected chi connectivity index (χ2v) is 10.9. The van der Waals surface area contributed by atoms with Gasteiger partial charge in [-0.15, -0.1) is 0 Å². The van der Waals surface area contributed by atoms with Crippen LogP contribution in [0, 0.1) is 0 Å². The number of rotatable bonds is 5. The van der Waals surface area contributed by atoms with Gasteiger partial charge in [-0.2, -0.15) is 4.98 Å². The number of benzene rings is 1. The number of carbonyl (C=O) groups excluding carboxylic acids is 2. The number of nitrogens with zero attached hydrogens (tertiary/aromatic N) is 5. The van der Waals surface area contributed by atoms with E-state index in [9.17, 15) is 9.59 Å². The predicted octanol–water partition coefficient (Wildman–Crippen LogP) is 2.56. The molecule has 6 rings (SSSR count). The lowest BCUT2D eigenvalue weighted by Crippen LogP contribution is -2.56. The average molecular weight is 490 g/mol. The third-order valence-electron chi connectivity index (χ3n) is 8.52. The highest BCUT2D eigenvalue weighted by Crippen LogP contribution is 2.46. The number of fused-ring (bicyclic) bond motifs is 1. The molecule has 0 radical (unpaired) electrons. The highest BCUT2D eigenvalue weighted by atomic mass is 16.2. The van der Waals surface area contributed by atoms with Crippen LogP contribution in [0.4, 0.5) is 17.5 Å². The second-order valence-electron chi connectivity index (χ2n) is 10.9. The number of anilines is 3. The Kier molecular flexibility index (Phi) is 5.82. The van der Waals surface area contributed by atoms with Crippen molar-refractivity contribution in [2.45, 2.75) is 62.6 Å². The number of hydrogen-bond donors (Lipinski definition) is 2. The van der Waals surface area contributed by atoms with Gasteiger partial charge in [0.2, 0.25) is 11.9 Å². The fraction of sp³-hybridized carbons (Fsp3) is 0.556. The molecule has 1 aromatic heterocycles. The van der Waals surface area contributed by atoms with Crippen molar-refractivity contribution in [3.05, 3.63) is 41.6 Å². The van der Waals surface area contributed by atoms with E-state index >= 15 is 0 Å². The molecule has 2 amide bonds. The average Bonchev–Trinajstić information content (AvgIpc) is 3.67. The molecule has 1 spiro atoms. The van der Waals surface area contributed by atoms with E-state index in [1.54, 1.807) is 0 Å². The molecular formula is C27H35N7O2. The van der Waals surface area contributed by atoms with Gasteiger partial charge >= 0.3 is 0 Å². The van der Waals surface area contributed by atoms with Gasteiger partial charge in [0.05, 0.1) is 0 Å². The van der Waals surface area contributed by atoms with Crippen LogP contribution in [0.15, 0.2) is 30.5 Å². The summed E-state index contributed by atoms with van der Waals surface area (Å²) in [4.78, 5) is 41.9. The van der Waals surface area contributed by atoms with Crippen LogP contribution < -0.4 is 15.5 Å². The summed E-state index contributed by atoms with van der Waals surface area (Å²) in [5.41, 5.74) is 2.05. The predicted molar refractivity (Wildman–Crippen MR) is 139 cm³/mol. The molecule has 3 fully saturated rings. The number of amides is 2. The first kappa shape index (κ1) is 23.2. The van der Waals surface area contributed by atoms with Gasteiger partial charge in [-0.1, -0.05) is 12.8 Å². The minimum atomic E-state index is -0.520. The first-order chi connectivity index (χ1) is 17.4. The summed E-state index contributed by atoms with van der Waals surface area (Å²) in [6.45, 7) is 2.28. The van der Waals surface area contributed by atoms with Crippen LogP contribution >= 0.6 is 0 Å². The zero-order chi connectivity index (χ0) is 24.9. The van der Waals surface area contributed by atoms with Crippen LogP contribution in [0.5, 0.6) is 0 Å². The maximum absolute atomic E-state index is 13.0. The molecule has 0 bridgehead atoms. The van der Waals surface area contributed by atoms with Crippen molar-refractivity contribution >= 4 is 29.3 Å². The van der Waals surface area contributed by atoms with E-state index in [0.717, 1.165) is 55.8 Å². The van der Waals surface area contributed by atoms with E-state index in [1.165, 1.54) is 12.8 Å². The lowest BCUT2D eigenvalue weighted by Gasteiger charge is -2.38. The quantitative estimate of drug-likeness (QED) is 0.667. The zero-order valence-electron chi connectivity index (χ0n) is 21.2. The van der Waals surface area contributed by atoms with E-state index in [2.05, 4.69) is 39.5 Å². The Labute approximate surface area is 212 Å². The van der Waals surface area contributed by atoms with Crippen LogP contribution in [-0.2, 0) is 11.2 Å². The van der Waals surface area contributed by atoms with Crippen LogP contribution in [0.3, 0.4) is 0 Å². The van der Waals surface area contributed by atoms with Gasteiger partial charge in [0, 0.05) is 61.1 Å². The lowest BCUT2D eigenvalue weighted by molar-refractivity contribution is -0.123. The molecule has 9 heteroatoms. The molecule has 2 saturated heterocycles. The molecule has 2 atom stereocenters.